The highest BCUT2D eigenvalue weighted by atomic mass is 16.4. The van der Waals surface area contributed by atoms with Crippen LogP contribution < -0.4 is 0 Å². The molecule has 0 unspecified atom stereocenters. The van der Waals surface area contributed by atoms with E-state index in [1.54, 1.807) is 12.3 Å². The number of pyridine rings is 1. The molecule has 0 saturated heterocycles. The predicted octanol–water partition coefficient (Wildman–Crippen LogP) is 2.12. The Labute approximate surface area is 101 Å². The van der Waals surface area contributed by atoms with Gasteiger partial charge >= 0.3 is 5.97 Å². The fourth-order valence-corrected chi connectivity index (χ4v) is 0.865. The Bertz CT molecular complexity index is 372. The molecular weight excluding hydrogens is 218 g/mol. The zero-order chi connectivity index (χ0) is 13.1. The molecule has 1 heterocycles. The summed E-state index contributed by atoms with van der Waals surface area (Å²) in [4.78, 5) is 14.0. The zero-order valence-corrected chi connectivity index (χ0v) is 9.84. The van der Waals surface area contributed by atoms with Crippen LogP contribution in [0.4, 0.5) is 0 Å². The minimum absolute atomic E-state index is 0.00458. The Kier molecular flexibility index (Phi) is 8.24. The van der Waals surface area contributed by atoms with Crippen molar-refractivity contribution in [1.82, 2.24) is 4.98 Å². The van der Waals surface area contributed by atoms with Crippen LogP contribution in [0.2, 0.25) is 0 Å². The molecule has 0 atom stereocenters. The smallest absolute Gasteiger partial charge is 0.330 e. The number of nitrogens with zero attached hydrogens (tertiary/aromatic N) is 1. The summed E-state index contributed by atoms with van der Waals surface area (Å²) in [7, 11) is 0. The molecule has 0 saturated carbocycles. The van der Waals surface area contributed by atoms with Gasteiger partial charge in [-0.1, -0.05) is 18.7 Å². The van der Waals surface area contributed by atoms with Crippen LogP contribution in [-0.4, -0.2) is 27.8 Å². The van der Waals surface area contributed by atoms with Gasteiger partial charge in [-0.25, -0.2) is 4.79 Å². The van der Waals surface area contributed by atoms with E-state index in [2.05, 4.69) is 11.6 Å². The number of carboxylic acids is 1. The second kappa shape index (κ2) is 9.30. The Balaban J connectivity index is 0.000000302. The molecule has 17 heavy (non-hydrogen) atoms. The van der Waals surface area contributed by atoms with Crippen LogP contribution in [0.15, 0.2) is 42.6 Å². The third-order valence-electron chi connectivity index (χ3n) is 1.81. The quantitative estimate of drug-likeness (QED) is 0.784. The van der Waals surface area contributed by atoms with Crippen molar-refractivity contribution in [2.24, 2.45) is 0 Å². The molecule has 1 rings (SSSR count). The van der Waals surface area contributed by atoms with Gasteiger partial charge in [-0.15, -0.1) is 0 Å². The van der Waals surface area contributed by atoms with Crippen LogP contribution in [0, 0.1) is 0 Å². The molecule has 2 N–H and O–H groups in total. The summed E-state index contributed by atoms with van der Waals surface area (Å²) in [5.41, 5.74) is 1.21. The summed E-state index contributed by atoms with van der Waals surface area (Å²) in [6.45, 7) is 5.07. The number of aromatic nitrogens is 1. The minimum atomic E-state index is -0.927. The standard InChI is InChI=1S/C7H7N.C6H10O3/c1-2-7-5-3-4-6-8-7;1-5(6(8)9)3-2-4-7/h2-6H,1H2;3,7H,2,4H2,1H3,(H,8,9)/b;5-3+. The molecule has 92 valence electrons. The monoisotopic (exact) mass is 235 g/mol. The Hall–Kier alpha value is -1.94. The van der Waals surface area contributed by atoms with Gasteiger partial charge in [0.05, 0.1) is 5.69 Å². The lowest BCUT2D eigenvalue weighted by molar-refractivity contribution is -0.132. The Morgan fingerprint density at radius 2 is 2.24 bits per heavy atom. The number of carbonyl (C=O) groups is 1. The molecule has 0 fully saturated rings. The first kappa shape index (κ1) is 15.1. The van der Waals surface area contributed by atoms with Gasteiger partial charge in [0.25, 0.3) is 0 Å². The first-order valence-electron chi connectivity index (χ1n) is 5.16. The van der Waals surface area contributed by atoms with E-state index < -0.39 is 5.97 Å². The molecule has 0 aliphatic heterocycles. The maximum atomic E-state index is 10.1. The number of hydrogen-bond donors (Lipinski definition) is 2. The van der Waals surface area contributed by atoms with Gasteiger partial charge in [-0.2, -0.15) is 0 Å². The summed E-state index contributed by atoms with van der Waals surface area (Å²) in [5, 5.41) is 16.5. The van der Waals surface area contributed by atoms with Crippen LogP contribution in [0.1, 0.15) is 19.0 Å². The molecule has 0 aliphatic rings. The number of aliphatic hydroxyl groups is 1. The summed E-state index contributed by atoms with van der Waals surface area (Å²) in [6, 6.07) is 5.73. The van der Waals surface area contributed by atoms with Crippen molar-refractivity contribution in [3.05, 3.63) is 48.3 Å². The molecular formula is C13H17NO3. The fraction of sp³-hybridized carbons (Fsp3) is 0.231. The van der Waals surface area contributed by atoms with E-state index in [4.69, 9.17) is 10.2 Å². The van der Waals surface area contributed by atoms with Crippen molar-refractivity contribution in [2.75, 3.05) is 6.61 Å². The fourth-order valence-electron chi connectivity index (χ4n) is 0.865. The normalized spacial score (nSPS) is 10.1. The third kappa shape index (κ3) is 7.93. The van der Waals surface area contributed by atoms with Crippen LogP contribution in [0.25, 0.3) is 6.08 Å². The average Bonchev–Trinajstić information content (AvgIpc) is 2.37. The molecule has 0 aliphatic carbocycles. The highest BCUT2D eigenvalue weighted by molar-refractivity contribution is 5.85. The second-order valence-electron chi connectivity index (χ2n) is 3.16. The lowest BCUT2D eigenvalue weighted by Gasteiger charge is -1.89. The van der Waals surface area contributed by atoms with E-state index in [1.807, 2.05) is 18.2 Å². The van der Waals surface area contributed by atoms with E-state index in [-0.39, 0.29) is 12.2 Å². The molecule has 4 heteroatoms. The van der Waals surface area contributed by atoms with Crippen LogP contribution in [0.3, 0.4) is 0 Å². The number of rotatable bonds is 4. The Morgan fingerprint density at radius 1 is 1.53 bits per heavy atom. The summed E-state index contributed by atoms with van der Waals surface area (Å²) in [5.74, 6) is -0.927. The Morgan fingerprint density at radius 3 is 2.59 bits per heavy atom. The van der Waals surface area contributed by atoms with Crippen molar-refractivity contribution in [1.29, 1.82) is 0 Å². The lowest BCUT2D eigenvalue weighted by atomic mass is 10.2. The van der Waals surface area contributed by atoms with Gasteiger partial charge in [0.2, 0.25) is 0 Å². The van der Waals surface area contributed by atoms with Crippen molar-refractivity contribution in [3.63, 3.8) is 0 Å². The number of aliphatic carboxylic acids is 1. The molecule has 1 aromatic rings. The van der Waals surface area contributed by atoms with Gasteiger partial charge in [-0.3, -0.25) is 4.98 Å². The van der Waals surface area contributed by atoms with Gasteiger partial charge in [0, 0.05) is 18.4 Å². The predicted molar refractivity (Wildman–Crippen MR) is 67.4 cm³/mol. The number of carboxylic acid groups (broad SMARTS) is 1. The highest BCUT2D eigenvalue weighted by Gasteiger charge is 1.96. The minimum Gasteiger partial charge on any atom is -0.478 e. The van der Waals surface area contributed by atoms with E-state index in [1.165, 1.54) is 13.0 Å². The summed E-state index contributed by atoms with van der Waals surface area (Å²) in [6.07, 6.45) is 5.37. The van der Waals surface area contributed by atoms with Gasteiger partial charge in [-0.05, 0) is 31.6 Å². The van der Waals surface area contributed by atoms with Crippen LogP contribution in [-0.2, 0) is 4.79 Å². The summed E-state index contributed by atoms with van der Waals surface area (Å²) >= 11 is 0. The van der Waals surface area contributed by atoms with Gasteiger partial charge in [0.1, 0.15) is 0 Å². The maximum Gasteiger partial charge on any atom is 0.330 e. The highest BCUT2D eigenvalue weighted by Crippen LogP contribution is 1.93. The third-order valence-corrected chi connectivity index (χ3v) is 1.81. The average molecular weight is 235 g/mol. The van der Waals surface area contributed by atoms with E-state index in [0.29, 0.717) is 6.42 Å². The molecule has 0 radical (unpaired) electrons. The summed E-state index contributed by atoms with van der Waals surface area (Å²) < 4.78 is 0. The van der Waals surface area contributed by atoms with Gasteiger partial charge in [0.15, 0.2) is 0 Å². The zero-order valence-electron chi connectivity index (χ0n) is 9.84. The molecule has 4 nitrogen and oxygen atoms in total. The maximum absolute atomic E-state index is 10.1. The van der Waals surface area contributed by atoms with Gasteiger partial charge < -0.3 is 10.2 Å². The van der Waals surface area contributed by atoms with Crippen molar-refractivity contribution >= 4 is 12.0 Å². The van der Waals surface area contributed by atoms with Crippen molar-refractivity contribution < 1.29 is 15.0 Å². The first-order chi connectivity index (χ1) is 8.11. The lowest BCUT2D eigenvalue weighted by Crippen LogP contribution is -1.95. The largest absolute Gasteiger partial charge is 0.478 e. The van der Waals surface area contributed by atoms with Crippen molar-refractivity contribution in [2.45, 2.75) is 13.3 Å². The molecule has 0 spiro atoms. The van der Waals surface area contributed by atoms with E-state index in [0.717, 1.165) is 5.69 Å². The van der Waals surface area contributed by atoms with Crippen LogP contribution in [0.5, 0.6) is 0 Å². The first-order valence-corrected chi connectivity index (χ1v) is 5.16. The van der Waals surface area contributed by atoms with E-state index in [9.17, 15) is 4.79 Å². The number of hydrogen-bond acceptors (Lipinski definition) is 3. The second-order valence-corrected chi connectivity index (χ2v) is 3.16. The van der Waals surface area contributed by atoms with E-state index >= 15 is 0 Å². The number of aliphatic hydroxyl groups excluding tert-OH is 1. The topological polar surface area (TPSA) is 70.4 Å². The molecule has 0 bridgehead atoms. The SMILES string of the molecule is C/C(=C\CCO)C(=O)O.C=Cc1ccccn1. The molecule has 1 aromatic heterocycles. The molecule has 0 amide bonds. The van der Waals surface area contributed by atoms with Crippen LogP contribution >= 0.6 is 0 Å². The van der Waals surface area contributed by atoms with Crippen molar-refractivity contribution in [3.8, 4) is 0 Å². The molecule has 0 aromatic carbocycles.